The van der Waals surface area contributed by atoms with Gasteiger partial charge in [0.2, 0.25) is 0 Å². The van der Waals surface area contributed by atoms with Crippen molar-refractivity contribution in [2.45, 2.75) is 13.8 Å². The number of aromatic nitrogens is 1. The van der Waals surface area contributed by atoms with E-state index in [2.05, 4.69) is 32.1 Å². The number of hydrogen-bond acceptors (Lipinski definition) is 6. The van der Waals surface area contributed by atoms with Crippen molar-refractivity contribution in [3.63, 3.8) is 0 Å². The summed E-state index contributed by atoms with van der Waals surface area (Å²) in [6, 6.07) is 6.05. The monoisotopic (exact) mass is 391 g/mol. The molecule has 3 rings (SSSR count). The largest absolute Gasteiger partial charge is 0.378 e. The number of hydrogen-bond donors (Lipinski definition) is 3. The lowest BCUT2D eigenvalue weighted by Crippen LogP contribution is -2.44. The molecule has 0 unspecified atom stereocenters. The summed E-state index contributed by atoms with van der Waals surface area (Å²) in [7, 11) is 0. The second kappa shape index (κ2) is 8.43. The summed E-state index contributed by atoms with van der Waals surface area (Å²) in [5.41, 5.74) is 8.79. The fourth-order valence-corrected chi connectivity index (χ4v) is 3.68. The molecule has 3 N–H and O–H groups in total. The first-order valence-electron chi connectivity index (χ1n) is 8.25. The fourth-order valence-electron chi connectivity index (χ4n) is 2.66. The zero-order valence-electron chi connectivity index (χ0n) is 14.7. The Morgan fingerprint density at radius 2 is 1.88 bits per heavy atom. The maximum atomic E-state index is 12.2. The normalized spacial score (nSPS) is 14.0. The fraction of sp³-hybridized carbons (Fsp3) is 0.353. The van der Waals surface area contributed by atoms with Crippen molar-refractivity contribution in [3.05, 3.63) is 40.4 Å². The molecule has 1 aromatic heterocycles. The second-order valence-electron chi connectivity index (χ2n) is 6.02. The van der Waals surface area contributed by atoms with Crippen molar-refractivity contribution < 1.29 is 9.53 Å². The maximum absolute atomic E-state index is 12.2. The molecule has 9 heteroatoms. The van der Waals surface area contributed by atoms with Gasteiger partial charge in [-0.25, -0.2) is 4.98 Å². The van der Waals surface area contributed by atoms with Crippen LogP contribution in [-0.2, 0) is 4.74 Å². The number of morpholine rings is 1. The van der Waals surface area contributed by atoms with Crippen LogP contribution in [0.1, 0.15) is 21.6 Å². The van der Waals surface area contributed by atoms with Gasteiger partial charge in [0.1, 0.15) is 5.69 Å². The molecule has 0 spiro atoms. The third-order valence-electron chi connectivity index (χ3n) is 3.78. The number of thiazole rings is 1. The molecule has 1 saturated heterocycles. The molecule has 7 nitrogen and oxygen atoms in total. The first kappa shape index (κ1) is 18.6. The Morgan fingerprint density at radius 1 is 1.19 bits per heavy atom. The van der Waals surface area contributed by atoms with Crippen LogP contribution in [0.25, 0.3) is 0 Å². The van der Waals surface area contributed by atoms with Crippen LogP contribution in [-0.4, -0.2) is 42.3 Å². The van der Waals surface area contributed by atoms with Crippen molar-refractivity contribution in [2.75, 3.05) is 36.5 Å². The lowest BCUT2D eigenvalue weighted by atomic mass is 10.1. The van der Waals surface area contributed by atoms with Crippen LogP contribution in [0.2, 0.25) is 0 Å². The van der Waals surface area contributed by atoms with E-state index in [-0.39, 0.29) is 5.91 Å². The second-order valence-corrected chi connectivity index (χ2v) is 7.27. The molecule has 138 valence electrons. The molecule has 1 fully saturated rings. The zero-order chi connectivity index (χ0) is 18.5. The Hall–Kier alpha value is -2.23. The Labute approximate surface area is 161 Å². The molecule has 1 aromatic carbocycles. The number of carbonyl (C=O) groups is 1. The Bertz CT molecular complexity index is 782. The lowest BCUT2D eigenvalue weighted by molar-refractivity contribution is 0.0940. The van der Waals surface area contributed by atoms with Gasteiger partial charge in [0.25, 0.3) is 5.91 Å². The van der Waals surface area contributed by atoms with E-state index in [1.54, 1.807) is 5.38 Å². The van der Waals surface area contributed by atoms with Gasteiger partial charge in [-0.2, -0.15) is 0 Å². The smallest absolute Gasteiger partial charge is 0.289 e. The third-order valence-corrected chi connectivity index (χ3v) is 4.88. The van der Waals surface area contributed by atoms with Gasteiger partial charge in [-0.05, 0) is 49.3 Å². The van der Waals surface area contributed by atoms with Crippen molar-refractivity contribution in [1.82, 2.24) is 15.8 Å². The summed E-state index contributed by atoms with van der Waals surface area (Å²) in [4.78, 5) is 18.8. The van der Waals surface area contributed by atoms with Crippen LogP contribution in [0.3, 0.4) is 0 Å². The van der Waals surface area contributed by atoms with Crippen molar-refractivity contribution in [2.24, 2.45) is 0 Å². The molecule has 26 heavy (non-hydrogen) atoms. The Morgan fingerprint density at radius 3 is 2.58 bits per heavy atom. The average Bonchev–Trinajstić information content (AvgIpc) is 3.10. The third kappa shape index (κ3) is 4.90. The molecule has 2 aromatic rings. The number of benzene rings is 1. The van der Waals surface area contributed by atoms with Gasteiger partial charge in [-0.1, -0.05) is 6.07 Å². The van der Waals surface area contributed by atoms with Gasteiger partial charge in [0, 0.05) is 24.2 Å². The van der Waals surface area contributed by atoms with E-state index in [9.17, 15) is 4.79 Å². The molecule has 0 bridgehead atoms. The van der Waals surface area contributed by atoms with Gasteiger partial charge in [-0.15, -0.1) is 11.3 Å². The molecular weight excluding hydrogens is 370 g/mol. The van der Waals surface area contributed by atoms with Crippen LogP contribution in [0, 0.1) is 13.8 Å². The van der Waals surface area contributed by atoms with E-state index in [4.69, 9.17) is 17.0 Å². The molecule has 0 radical (unpaired) electrons. The van der Waals surface area contributed by atoms with Crippen LogP contribution in [0.5, 0.6) is 0 Å². The summed E-state index contributed by atoms with van der Waals surface area (Å²) >= 11 is 6.67. The Balaban J connectivity index is 1.51. The topological polar surface area (TPSA) is 78.5 Å². The number of carbonyl (C=O) groups excluding carboxylic acids is 1. The number of nitrogens with zero attached hydrogens (tertiary/aromatic N) is 2. The highest BCUT2D eigenvalue weighted by Crippen LogP contribution is 2.21. The lowest BCUT2D eigenvalue weighted by Gasteiger charge is -2.25. The predicted octanol–water partition coefficient (Wildman–Crippen LogP) is 2.23. The highest BCUT2D eigenvalue weighted by atomic mass is 32.1. The van der Waals surface area contributed by atoms with Gasteiger partial charge in [0.15, 0.2) is 10.2 Å². The number of nitrogens with one attached hydrogen (secondary N) is 3. The van der Waals surface area contributed by atoms with E-state index in [1.165, 1.54) is 11.3 Å². The predicted molar refractivity (Wildman–Crippen MR) is 108 cm³/mol. The highest BCUT2D eigenvalue weighted by molar-refractivity contribution is 7.80. The standard InChI is InChI=1S/C17H21N5O2S2/c1-11-7-12(2)9-13(8-11)18-16(25)21-20-15(23)14-10-26-17(19-14)22-3-5-24-6-4-22/h7-10H,3-6H2,1-2H3,(H,20,23)(H2,18,21,25). The van der Waals surface area contributed by atoms with Crippen LogP contribution in [0.15, 0.2) is 23.6 Å². The minimum Gasteiger partial charge on any atom is -0.378 e. The maximum Gasteiger partial charge on any atom is 0.289 e. The van der Waals surface area contributed by atoms with Crippen molar-refractivity contribution >= 4 is 45.4 Å². The zero-order valence-corrected chi connectivity index (χ0v) is 16.3. The Kier molecular flexibility index (Phi) is 6.02. The first-order chi connectivity index (χ1) is 12.5. The van der Waals surface area contributed by atoms with Gasteiger partial charge in [0.05, 0.1) is 13.2 Å². The number of aryl methyl sites for hydroxylation is 2. The van der Waals surface area contributed by atoms with Gasteiger partial charge < -0.3 is 15.0 Å². The minimum atomic E-state index is -0.328. The number of amides is 1. The summed E-state index contributed by atoms with van der Waals surface area (Å²) in [5, 5.41) is 5.93. The molecular formula is C17H21N5O2S2. The highest BCUT2D eigenvalue weighted by Gasteiger charge is 2.17. The minimum absolute atomic E-state index is 0.312. The summed E-state index contributed by atoms with van der Waals surface area (Å²) in [6.07, 6.45) is 0. The first-order valence-corrected chi connectivity index (χ1v) is 9.54. The quantitative estimate of drug-likeness (QED) is 0.547. The number of anilines is 2. The van der Waals surface area contributed by atoms with Crippen LogP contribution >= 0.6 is 23.6 Å². The molecule has 0 saturated carbocycles. The SMILES string of the molecule is Cc1cc(C)cc(NC(=S)NNC(=O)c2csc(N3CCOCC3)n2)c1. The van der Waals surface area contributed by atoms with E-state index in [0.717, 1.165) is 35.0 Å². The van der Waals surface area contributed by atoms with Crippen molar-refractivity contribution in [3.8, 4) is 0 Å². The number of thiocarbonyl (C=S) groups is 1. The summed E-state index contributed by atoms with van der Waals surface area (Å²) in [5.74, 6) is -0.328. The number of ether oxygens (including phenoxy) is 1. The van der Waals surface area contributed by atoms with E-state index in [0.29, 0.717) is 24.0 Å². The van der Waals surface area contributed by atoms with E-state index in [1.807, 2.05) is 26.0 Å². The number of rotatable bonds is 3. The molecule has 2 heterocycles. The van der Waals surface area contributed by atoms with Gasteiger partial charge >= 0.3 is 0 Å². The average molecular weight is 392 g/mol. The van der Waals surface area contributed by atoms with Crippen molar-refractivity contribution in [1.29, 1.82) is 0 Å². The molecule has 1 aliphatic rings. The molecule has 0 aliphatic carbocycles. The van der Waals surface area contributed by atoms with Crippen LogP contribution in [0.4, 0.5) is 10.8 Å². The molecule has 1 amide bonds. The van der Waals surface area contributed by atoms with Crippen LogP contribution < -0.4 is 21.1 Å². The number of hydrazine groups is 1. The van der Waals surface area contributed by atoms with E-state index >= 15 is 0 Å². The van der Waals surface area contributed by atoms with Gasteiger partial charge in [-0.3, -0.25) is 15.6 Å². The molecule has 0 atom stereocenters. The summed E-state index contributed by atoms with van der Waals surface area (Å²) < 4.78 is 5.33. The summed E-state index contributed by atoms with van der Waals surface area (Å²) in [6.45, 7) is 6.98. The van der Waals surface area contributed by atoms with E-state index < -0.39 is 0 Å². The molecule has 1 aliphatic heterocycles.